The van der Waals surface area contributed by atoms with Crippen LogP contribution in [0, 0.1) is 0 Å². The van der Waals surface area contributed by atoms with Crippen molar-refractivity contribution in [1.82, 2.24) is 0 Å². The molecule has 0 aliphatic heterocycles. The van der Waals surface area contributed by atoms with Crippen LogP contribution in [0.3, 0.4) is 0 Å². The minimum atomic E-state index is -0.110. The average molecular weight is 335 g/mol. The number of halogens is 2. The highest BCUT2D eigenvalue weighted by atomic mass is 79.9. The molecule has 0 heterocycles. The molecule has 0 saturated carbocycles. The normalized spacial score (nSPS) is 11.0. The van der Waals surface area contributed by atoms with Gasteiger partial charge in [-0.1, -0.05) is 19.9 Å². The second-order valence-electron chi connectivity index (χ2n) is 3.87. The molecule has 0 unspecified atom stereocenters. The van der Waals surface area contributed by atoms with Crippen LogP contribution in [0.1, 0.15) is 25.3 Å². The third-order valence-electron chi connectivity index (χ3n) is 2.12. The molecule has 5 nitrogen and oxygen atoms in total. The predicted molar refractivity (Wildman–Crippen MR) is 82.6 cm³/mol. The number of hydrogen-bond donors (Lipinski definition) is 3. The summed E-state index contributed by atoms with van der Waals surface area (Å²) >= 11 is 3.44. The lowest BCUT2D eigenvalue weighted by Crippen LogP contribution is -2.26. The highest BCUT2D eigenvalue weighted by molar-refractivity contribution is 9.10. The van der Waals surface area contributed by atoms with Crippen molar-refractivity contribution in [3.05, 3.63) is 28.2 Å². The number of guanidine groups is 2. The predicted octanol–water partition coefficient (Wildman–Crippen LogP) is 2.21. The molecule has 1 aromatic carbocycles. The van der Waals surface area contributed by atoms with Crippen molar-refractivity contribution in [2.24, 2.45) is 27.2 Å². The summed E-state index contributed by atoms with van der Waals surface area (Å²) in [6, 6.07) is 5.87. The molecule has 1 aromatic rings. The fourth-order valence-corrected chi connectivity index (χ4v) is 1.74. The maximum atomic E-state index is 5.56. The fraction of sp³-hybridized carbons (Fsp3) is 0.273. The van der Waals surface area contributed by atoms with E-state index in [1.807, 2.05) is 18.2 Å². The van der Waals surface area contributed by atoms with E-state index in [1.165, 1.54) is 5.56 Å². The van der Waals surface area contributed by atoms with E-state index < -0.39 is 0 Å². The van der Waals surface area contributed by atoms with Gasteiger partial charge in [0.1, 0.15) is 0 Å². The van der Waals surface area contributed by atoms with Gasteiger partial charge in [-0.2, -0.15) is 4.99 Å². The van der Waals surface area contributed by atoms with Crippen LogP contribution < -0.4 is 17.2 Å². The van der Waals surface area contributed by atoms with Gasteiger partial charge in [-0.15, -0.1) is 12.4 Å². The second kappa shape index (κ2) is 7.23. The van der Waals surface area contributed by atoms with Gasteiger partial charge in [-0.25, -0.2) is 4.99 Å². The Morgan fingerprint density at radius 2 is 1.83 bits per heavy atom. The second-order valence-corrected chi connectivity index (χ2v) is 4.73. The lowest BCUT2D eigenvalue weighted by molar-refractivity contribution is 0.866. The zero-order valence-electron chi connectivity index (χ0n) is 10.2. The lowest BCUT2D eigenvalue weighted by Gasteiger charge is -2.07. The minimum Gasteiger partial charge on any atom is -0.370 e. The Hall–Kier alpha value is -1.27. The van der Waals surface area contributed by atoms with Crippen molar-refractivity contribution in [2.45, 2.75) is 19.8 Å². The number of rotatable bonds is 2. The summed E-state index contributed by atoms with van der Waals surface area (Å²) in [4.78, 5) is 7.75. The molecule has 0 fully saturated rings. The van der Waals surface area contributed by atoms with Gasteiger partial charge in [-0.3, -0.25) is 0 Å². The fourth-order valence-electron chi connectivity index (χ4n) is 1.25. The first-order chi connectivity index (χ1) is 7.90. The molecule has 0 spiro atoms. The van der Waals surface area contributed by atoms with Gasteiger partial charge in [0.15, 0.2) is 5.96 Å². The topological polar surface area (TPSA) is 103 Å². The van der Waals surface area contributed by atoms with Crippen LogP contribution in [0.2, 0.25) is 0 Å². The Morgan fingerprint density at radius 1 is 1.22 bits per heavy atom. The van der Waals surface area contributed by atoms with E-state index in [1.54, 1.807) is 0 Å². The van der Waals surface area contributed by atoms with Crippen molar-refractivity contribution in [3.8, 4) is 0 Å². The monoisotopic (exact) mass is 333 g/mol. The van der Waals surface area contributed by atoms with Crippen molar-refractivity contribution in [3.63, 3.8) is 0 Å². The van der Waals surface area contributed by atoms with E-state index in [0.29, 0.717) is 11.6 Å². The molecule has 0 aromatic heterocycles. The van der Waals surface area contributed by atoms with Gasteiger partial charge in [0.2, 0.25) is 5.96 Å². The van der Waals surface area contributed by atoms with Gasteiger partial charge in [0.05, 0.1) is 5.69 Å². The van der Waals surface area contributed by atoms with E-state index in [-0.39, 0.29) is 24.3 Å². The summed E-state index contributed by atoms with van der Waals surface area (Å²) in [6.07, 6.45) is 0. The lowest BCUT2D eigenvalue weighted by atomic mass is 10.0. The van der Waals surface area contributed by atoms with Crippen LogP contribution in [0.15, 0.2) is 32.7 Å². The molecular weight excluding hydrogens is 318 g/mol. The van der Waals surface area contributed by atoms with Crippen LogP contribution in [0.5, 0.6) is 0 Å². The maximum Gasteiger partial charge on any atom is 0.223 e. The van der Waals surface area contributed by atoms with Gasteiger partial charge >= 0.3 is 0 Å². The molecule has 6 N–H and O–H groups in total. The molecule has 18 heavy (non-hydrogen) atoms. The average Bonchev–Trinajstić information content (AvgIpc) is 2.19. The number of hydrogen-bond acceptors (Lipinski definition) is 1. The first-order valence-electron chi connectivity index (χ1n) is 5.13. The first-order valence-corrected chi connectivity index (χ1v) is 5.92. The maximum absolute atomic E-state index is 5.56. The molecule has 7 heteroatoms. The summed E-state index contributed by atoms with van der Waals surface area (Å²) in [5, 5.41) is 0. The van der Waals surface area contributed by atoms with Gasteiger partial charge in [0.25, 0.3) is 0 Å². The van der Waals surface area contributed by atoms with E-state index in [2.05, 4.69) is 39.8 Å². The zero-order valence-corrected chi connectivity index (χ0v) is 12.6. The van der Waals surface area contributed by atoms with Crippen molar-refractivity contribution >= 4 is 45.9 Å². The van der Waals surface area contributed by atoms with E-state index >= 15 is 0 Å². The van der Waals surface area contributed by atoms with Crippen LogP contribution in [0.4, 0.5) is 5.69 Å². The summed E-state index contributed by atoms with van der Waals surface area (Å²) in [5.41, 5.74) is 17.9. The largest absolute Gasteiger partial charge is 0.370 e. The molecule has 0 bridgehead atoms. The smallest absolute Gasteiger partial charge is 0.223 e. The van der Waals surface area contributed by atoms with Gasteiger partial charge < -0.3 is 17.2 Å². The first kappa shape index (κ1) is 16.7. The standard InChI is InChI=1S/C11H16BrN5.ClH/c1-6(2)7-3-4-9(8(12)5-7)16-11(15)17-10(13)14;/h3-6H,1-2H3,(H6,13,14,15,16,17);1H. The molecule has 0 atom stereocenters. The molecule has 1 rings (SSSR count). The highest BCUT2D eigenvalue weighted by Gasteiger charge is 2.04. The molecule has 0 saturated heterocycles. The van der Waals surface area contributed by atoms with E-state index in [9.17, 15) is 0 Å². The SMILES string of the molecule is CC(C)c1ccc(N=C(N)N=C(N)N)c(Br)c1.Cl. The Labute approximate surface area is 121 Å². The molecule has 0 aliphatic rings. The summed E-state index contributed by atoms with van der Waals surface area (Å²) in [7, 11) is 0. The highest BCUT2D eigenvalue weighted by Crippen LogP contribution is 2.29. The molecule has 0 aliphatic carbocycles. The summed E-state index contributed by atoms with van der Waals surface area (Å²) in [6.45, 7) is 4.25. The van der Waals surface area contributed by atoms with Gasteiger partial charge in [-0.05, 0) is 39.5 Å². The van der Waals surface area contributed by atoms with E-state index in [4.69, 9.17) is 17.2 Å². The Balaban J connectivity index is 0.00000289. The van der Waals surface area contributed by atoms with Crippen molar-refractivity contribution < 1.29 is 0 Å². The zero-order chi connectivity index (χ0) is 13.0. The van der Waals surface area contributed by atoms with Crippen LogP contribution in [-0.4, -0.2) is 11.9 Å². The molecule has 0 amide bonds. The number of nitrogens with two attached hydrogens (primary N) is 3. The van der Waals surface area contributed by atoms with E-state index in [0.717, 1.165) is 4.47 Å². The third-order valence-corrected chi connectivity index (χ3v) is 2.75. The number of benzene rings is 1. The molecular formula is C11H17BrClN5. The van der Waals surface area contributed by atoms with Crippen LogP contribution in [0.25, 0.3) is 0 Å². The Bertz CT molecular complexity index is 467. The minimum absolute atomic E-state index is 0. The van der Waals surface area contributed by atoms with Crippen molar-refractivity contribution in [1.29, 1.82) is 0 Å². The summed E-state index contributed by atoms with van der Waals surface area (Å²) in [5.74, 6) is 0.378. The number of nitrogens with zero attached hydrogens (tertiary/aromatic N) is 2. The number of aliphatic imine (C=N–C) groups is 2. The molecule has 0 radical (unpaired) electrons. The third kappa shape index (κ3) is 4.93. The Morgan fingerprint density at radius 3 is 2.28 bits per heavy atom. The van der Waals surface area contributed by atoms with Gasteiger partial charge in [0, 0.05) is 4.47 Å². The van der Waals surface area contributed by atoms with Crippen molar-refractivity contribution in [2.75, 3.05) is 0 Å². The molecule has 100 valence electrons. The summed E-state index contributed by atoms with van der Waals surface area (Å²) < 4.78 is 0.859. The quantitative estimate of drug-likeness (QED) is 0.570. The van der Waals surface area contributed by atoms with Crippen LogP contribution >= 0.6 is 28.3 Å². The Kier molecular flexibility index (Phi) is 6.72. The van der Waals surface area contributed by atoms with Crippen LogP contribution in [-0.2, 0) is 0 Å².